The van der Waals surface area contributed by atoms with Crippen molar-refractivity contribution in [3.63, 3.8) is 0 Å². The molecule has 1 fully saturated rings. The first-order chi connectivity index (χ1) is 10.6. The Labute approximate surface area is 130 Å². The molecule has 0 amide bonds. The molecule has 0 radical (unpaired) electrons. The molecule has 0 bridgehead atoms. The van der Waals surface area contributed by atoms with Crippen LogP contribution in [0.15, 0.2) is 42.6 Å². The van der Waals surface area contributed by atoms with Crippen LogP contribution in [0.4, 0.5) is 10.1 Å². The smallest absolute Gasteiger partial charge is 0.123 e. The molecule has 2 heterocycles. The van der Waals surface area contributed by atoms with Gasteiger partial charge in [-0.2, -0.15) is 0 Å². The number of aryl methyl sites for hydroxylation is 1. The second-order valence-corrected chi connectivity index (χ2v) is 5.98. The molecule has 1 saturated heterocycles. The van der Waals surface area contributed by atoms with Gasteiger partial charge in [0, 0.05) is 30.7 Å². The van der Waals surface area contributed by atoms with E-state index in [-0.39, 0.29) is 11.7 Å². The zero-order valence-electron chi connectivity index (χ0n) is 12.7. The number of aliphatic hydroxyl groups excluding tert-OH is 1. The number of aliphatic hydroxyl groups is 1. The predicted molar refractivity (Wildman–Crippen MR) is 85.3 cm³/mol. The molecule has 22 heavy (non-hydrogen) atoms. The Morgan fingerprint density at radius 3 is 2.50 bits per heavy atom. The molecule has 0 unspecified atom stereocenters. The highest BCUT2D eigenvalue weighted by molar-refractivity contribution is 5.46. The number of nitrogens with zero attached hydrogens (tertiary/aromatic N) is 2. The van der Waals surface area contributed by atoms with E-state index in [0.717, 1.165) is 37.2 Å². The van der Waals surface area contributed by atoms with Crippen LogP contribution in [0.25, 0.3) is 0 Å². The van der Waals surface area contributed by atoms with E-state index in [4.69, 9.17) is 0 Å². The van der Waals surface area contributed by atoms with Crippen molar-refractivity contribution >= 4 is 5.69 Å². The first-order valence-electron chi connectivity index (χ1n) is 7.74. The summed E-state index contributed by atoms with van der Waals surface area (Å²) in [5, 5.41) is 10.5. The number of hydrogen-bond acceptors (Lipinski definition) is 3. The van der Waals surface area contributed by atoms with Crippen LogP contribution >= 0.6 is 0 Å². The second kappa shape index (κ2) is 6.44. The fourth-order valence-electron chi connectivity index (χ4n) is 3.13. The summed E-state index contributed by atoms with van der Waals surface area (Å²) >= 11 is 0. The van der Waals surface area contributed by atoms with Gasteiger partial charge in [-0.1, -0.05) is 12.1 Å². The summed E-state index contributed by atoms with van der Waals surface area (Å²) in [6, 6.07) is 10.3. The Hall–Kier alpha value is -1.94. The largest absolute Gasteiger partial charge is 0.388 e. The van der Waals surface area contributed by atoms with E-state index >= 15 is 0 Å². The topological polar surface area (TPSA) is 36.4 Å². The Bertz CT molecular complexity index is 621. The number of rotatable bonds is 3. The highest BCUT2D eigenvalue weighted by atomic mass is 19.1. The molecule has 0 spiro atoms. The number of aromatic nitrogens is 1. The van der Waals surface area contributed by atoms with Crippen LogP contribution in [0.1, 0.15) is 30.2 Å². The van der Waals surface area contributed by atoms with Gasteiger partial charge in [-0.15, -0.1) is 0 Å². The third kappa shape index (κ3) is 3.28. The summed E-state index contributed by atoms with van der Waals surface area (Å²) in [5.41, 5.74) is 3.02. The van der Waals surface area contributed by atoms with Crippen molar-refractivity contribution in [1.29, 1.82) is 0 Å². The molecule has 0 saturated carbocycles. The minimum absolute atomic E-state index is 0.227. The van der Waals surface area contributed by atoms with Crippen LogP contribution < -0.4 is 4.90 Å². The van der Waals surface area contributed by atoms with Crippen LogP contribution in [0.3, 0.4) is 0 Å². The maximum Gasteiger partial charge on any atom is 0.123 e. The molecule has 1 aliphatic heterocycles. The molecule has 0 aliphatic carbocycles. The Kier molecular flexibility index (Phi) is 4.39. The quantitative estimate of drug-likeness (QED) is 0.943. The molecule has 3 nitrogen and oxygen atoms in total. The predicted octanol–water partition coefficient (Wildman–Crippen LogP) is 3.48. The van der Waals surface area contributed by atoms with Gasteiger partial charge in [-0.3, -0.25) is 4.98 Å². The lowest BCUT2D eigenvalue weighted by Gasteiger charge is -2.35. The first-order valence-corrected chi connectivity index (χ1v) is 7.74. The van der Waals surface area contributed by atoms with Crippen molar-refractivity contribution in [3.05, 3.63) is 59.7 Å². The molecular weight excluding hydrogens is 279 g/mol. The van der Waals surface area contributed by atoms with Gasteiger partial charge in [0.05, 0.1) is 6.10 Å². The zero-order valence-corrected chi connectivity index (χ0v) is 12.7. The average molecular weight is 300 g/mol. The van der Waals surface area contributed by atoms with E-state index in [1.807, 2.05) is 19.2 Å². The maximum absolute atomic E-state index is 13.0. The third-order valence-electron chi connectivity index (χ3n) is 4.44. The van der Waals surface area contributed by atoms with Crippen molar-refractivity contribution in [2.45, 2.75) is 25.9 Å². The van der Waals surface area contributed by atoms with Crippen molar-refractivity contribution in [2.75, 3.05) is 18.0 Å². The summed E-state index contributed by atoms with van der Waals surface area (Å²) in [5.74, 6) is -0.0385. The Balaban J connectivity index is 1.62. The van der Waals surface area contributed by atoms with Crippen LogP contribution in [0.2, 0.25) is 0 Å². The lowest BCUT2D eigenvalue weighted by atomic mass is 9.87. The lowest BCUT2D eigenvalue weighted by molar-refractivity contribution is 0.0929. The highest BCUT2D eigenvalue weighted by Crippen LogP contribution is 2.32. The normalized spacial score (nSPS) is 17.5. The van der Waals surface area contributed by atoms with E-state index in [2.05, 4.69) is 16.0 Å². The highest BCUT2D eigenvalue weighted by Gasteiger charge is 2.26. The average Bonchev–Trinajstić information content (AvgIpc) is 2.55. The van der Waals surface area contributed by atoms with E-state index in [1.54, 1.807) is 12.1 Å². The van der Waals surface area contributed by atoms with Gasteiger partial charge in [-0.25, -0.2) is 4.39 Å². The molecule has 1 atom stereocenters. The molecule has 3 rings (SSSR count). The molecule has 2 aromatic rings. The van der Waals surface area contributed by atoms with Crippen LogP contribution in [0, 0.1) is 18.7 Å². The molecule has 1 aromatic heterocycles. The van der Waals surface area contributed by atoms with Crippen LogP contribution in [0.5, 0.6) is 0 Å². The molecule has 1 N–H and O–H groups in total. The maximum atomic E-state index is 13.0. The van der Waals surface area contributed by atoms with Crippen LogP contribution in [-0.4, -0.2) is 23.2 Å². The van der Waals surface area contributed by atoms with E-state index in [1.165, 1.54) is 17.8 Å². The monoisotopic (exact) mass is 300 g/mol. The molecule has 116 valence electrons. The summed E-state index contributed by atoms with van der Waals surface area (Å²) < 4.78 is 13.0. The summed E-state index contributed by atoms with van der Waals surface area (Å²) in [4.78, 5) is 6.56. The first kappa shape index (κ1) is 15.0. The van der Waals surface area contributed by atoms with Gasteiger partial charge in [-0.05, 0) is 55.5 Å². The third-order valence-corrected chi connectivity index (χ3v) is 4.44. The number of piperidine rings is 1. The number of hydrogen-bond donors (Lipinski definition) is 1. The van der Waals surface area contributed by atoms with Crippen molar-refractivity contribution in [1.82, 2.24) is 4.98 Å². The molecule has 4 heteroatoms. The number of halogens is 1. The summed E-state index contributed by atoms with van der Waals surface area (Å²) in [7, 11) is 0. The number of pyridine rings is 1. The molecule has 1 aromatic carbocycles. The van der Waals surface area contributed by atoms with Gasteiger partial charge < -0.3 is 10.0 Å². The Morgan fingerprint density at radius 2 is 1.86 bits per heavy atom. The van der Waals surface area contributed by atoms with E-state index < -0.39 is 6.10 Å². The summed E-state index contributed by atoms with van der Waals surface area (Å²) in [6.45, 7) is 3.84. The molecule has 1 aliphatic rings. The fourth-order valence-corrected chi connectivity index (χ4v) is 3.13. The van der Waals surface area contributed by atoms with Gasteiger partial charge in [0.1, 0.15) is 5.82 Å². The number of anilines is 1. The minimum Gasteiger partial charge on any atom is -0.388 e. The van der Waals surface area contributed by atoms with Gasteiger partial charge >= 0.3 is 0 Å². The van der Waals surface area contributed by atoms with Crippen LogP contribution in [-0.2, 0) is 0 Å². The van der Waals surface area contributed by atoms with Crippen molar-refractivity contribution in [2.24, 2.45) is 5.92 Å². The van der Waals surface area contributed by atoms with E-state index in [0.29, 0.717) is 0 Å². The fraction of sp³-hybridized carbons (Fsp3) is 0.389. The molecular formula is C18H21FN2O. The van der Waals surface area contributed by atoms with Gasteiger partial charge in [0.2, 0.25) is 0 Å². The number of benzene rings is 1. The van der Waals surface area contributed by atoms with Gasteiger partial charge in [0.25, 0.3) is 0 Å². The minimum atomic E-state index is -0.512. The summed E-state index contributed by atoms with van der Waals surface area (Å²) in [6.07, 6.45) is 3.19. The van der Waals surface area contributed by atoms with Crippen molar-refractivity contribution in [3.8, 4) is 0 Å². The standard InChI is InChI=1S/C18H21FN2O/c1-13-12-17(6-9-20-13)21-10-7-15(8-11-21)18(22)14-2-4-16(19)5-3-14/h2-6,9,12,15,18,22H,7-8,10-11H2,1H3/t18-/m1/s1. The van der Waals surface area contributed by atoms with Crippen molar-refractivity contribution < 1.29 is 9.50 Å². The Morgan fingerprint density at radius 1 is 1.18 bits per heavy atom. The second-order valence-electron chi connectivity index (χ2n) is 5.98. The zero-order chi connectivity index (χ0) is 15.5. The SMILES string of the molecule is Cc1cc(N2CCC([C@H](O)c3ccc(F)cc3)CC2)ccn1. The van der Waals surface area contributed by atoms with E-state index in [9.17, 15) is 9.50 Å². The van der Waals surface area contributed by atoms with Gasteiger partial charge in [0.15, 0.2) is 0 Å². The lowest BCUT2D eigenvalue weighted by Crippen LogP contribution is -2.35.